The van der Waals surface area contributed by atoms with Crippen LogP contribution in [0.25, 0.3) is 0 Å². The zero-order valence-corrected chi connectivity index (χ0v) is 9.04. The van der Waals surface area contributed by atoms with Crippen molar-refractivity contribution in [2.24, 2.45) is 0 Å². The standard InChI is InChI=1S/C10H23NO3/c1-2-3-4-7-14-9-10(13)8-11-5-6-12/h10-13H,2-9H2,1H3. The van der Waals surface area contributed by atoms with Gasteiger partial charge in [-0.2, -0.15) is 0 Å². The van der Waals surface area contributed by atoms with Gasteiger partial charge in [0.15, 0.2) is 0 Å². The minimum atomic E-state index is -0.469. The van der Waals surface area contributed by atoms with Crippen LogP contribution in [0, 0.1) is 0 Å². The molecule has 0 fully saturated rings. The highest BCUT2D eigenvalue weighted by atomic mass is 16.5. The van der Waals surface area contributed by atoms with Crippen molar-refractivity contribution in [3.8, 4) is 0 Å². The topological polar surface area (TPSA) is 61.7 Å². The van der Waals surface area contributed by atoms with E-state index < -0.39 is 6.10 Å². The molecule has 0 radical (unpaired) electrons. The van der Waals surface area contributed by atoms with Gasteiger partial charge in [0.2, 0.25) is 0 Å². The van der Waals surface area contributed by atoms with E-state index in [0.717, 1.165) is 13.0 Å². The molecule has 0 amide bonds. The summed E-state index contributed by atoms with van der Waals surface area (Å²) in [5, 5.41) is 20.7. The molecule has 4 heteroatoms. The number of nitrogens with one attached hydrogen (secondary N) is 1. The lowest BCUT2D eigenvalue weighted by Gasteiger charge is -2.11. The van der Waals surface area contributed by atoms with E-state index in [1.54, 1.807) is 0 Å². The van der Waals surface area contributed by atoms with Crippen molar-refractivity contribution in [1.82, 2.24) is 5.32 Å². The van der Waals surface area contributed by atoms with Crippen molar-refractivity contribution in [2.75, 3.05) is 32.9 Å². The summed E-state index contributed by atoms with van der Waals surface area (Å²) in [7, 11) is 0. The Kier molecular flexibility index (Phi) is 10.8. The summed E-state index contributed by atoms with van der Waals surface area (Å²) in [6.07, 6.45) is 2.96. The van der Waals surface area contributed by atoms with Gasteiger partial charge in [0.25, 0.3) is 0 Å². The van der Waals surface area contributed by atoms with Crippen LogP contribution in [0.3, 0.4) is 0 Å². The largest absolute Gasteiger partial charge is 0.395 e. The third-order valence-electron chi connectivity index (χ3n) is 1.87. The van der Waals surface area contributed by atoms with Crippen LogP contribution < -0.4 is 5.32 Å². The molecule has 3 N–H and O–H groups in total. The van der Waals surface area contributed by atoms with Gasteiger partial charge < -0.3 is 20.3 Å². The SMILES string of the molecule is CCCCCOCC(O)CNCCO. The number of ether oxygens (including phenoxy) is 1. The Hall–Kier alpha value is -0.160. The maximum Gasteiger partial charge on any atom is 0.0897 e. The summed E-state index contributed by atoms with van der Waals surface area (Å²) in [4.78, 5) is 0. The molecule has 0 saturated carbocycles. The van der Waals surface area contributed by atoms with Crippen LogP contribution in [0.5, 0.6) is 0 Å². The second-order valence-electron chi connectivity index (χ2n) is 3.36. The van der Waals surface area contributed by atoms with E-state index in [2.05, 4.69) is 12.2 Å². The van der Waals surface area contributed by atoms with Crippen LogP contribution in [0.15, 0.2) is 0 Å². The third kappa shape index (κ3) is 9.92. The van der Waals surface area contributed by atoms with E-state index in [1.807, 2.05) is 0 Å². The average Bonchev–Trinajstić information content (AvgIpc) is 2.18. The molecule has 14 heavy (non-hydrogen) atoms. The van der Waals surface area contributed by atoms with Gasteiger partial charge in [0.05, 0.1) is 19.3 Å². The van der Waals surface area contributed by atoms with Crippen molar-refractivity contribution in [1.29, 1.82) is 0 Å². The molecule has 0 aromatic carbocycles. The maximum absolute atomic E-state index is 9.36. The van der Waals surface area contributed by atoms with Gasteiger partial charge >= 0.3 is 0 Å². The molecule has 0 spiro atoms. The molecule has 0 rings (SSSR count). The normalized spacial score (nSPS) is 13.1. The van der Waals surface area contributed by atoms with E-state index in [4.69, 9.17) is 9.84 Å². The number of rotatable bonds is 10. The Morgan fingerprint density at radius 3 is 2.79 bits per heavy atom. The number of aliphatic hydroxyl groups excluding tert-OH is 2. The molecule has 0 heterocycles. The summed E-state index contributed by atoms with van der Waals surface area (Å²) >= 11 is 0. The maximum atomic E-state index is 9.36. The predicted molar refractivity (Wildman–Crippen MR) is 56.3 cm³/mol. The summed E-state index contributed by atoms with van der Waals surface area (Å²) in [5.41, 5.74) is 0. The van der Waals surface area contributed by atoms with E-state index in [1.165, 1.54) is 12.8 Å². The van der Waals surface area contributed by atoms with Gasteiger partial charge in [0, 0.05) is 19.7 Å². The van der Waals surface area contributed by atoms with Crippen molar-refractivity contribution < 1.29 is 14.9 Å². The second-order valence-corrected chi connectivity index (χ2v) is 3.36. The molecule has 0 bridgehead atoms. The predicted octanol–water partition coefficient (Wildman–Crippen LogP) is 0.136. The van der Waals surface area contributed by atoms with Gasteiger partial charge in [-0.25, -0.2) is 0 Å². The smallest absolute Gasteiger partial charge is 0.0897 e. The average molecular weight is 205 g/mol. The molecular formula is C10H23NO3. The highest BCUT2D eigenvalue weighted by Crippen LogP contribution is 1.94. The summed E-state index contributed by atoms with van der Waals surface area (Å²) < 4.78 is 5.28. The van der Waals surface area contributed by atoms with Crippen molar-refractivity contribution in [3.63, 3.8) is 0 Å². The van der Waals surface area contributed by atoms with Crippen molar-refractivity contribution in [2.45, 2.75) is 32.3 Å². The Labute approximate surface area is 86.3 Å². The zero-order valence-electron chi connectivity index (χ0n) is 9.04. The lowest BCUT2D eigenvalue weighted by Crippen LogP contribution is -2.32. The molecule has 0 saturated heterocycles. The highest BCUT2D eigenvalue weighted by molar-refractivity contribution is 4.57. The summed E-state index contributed by atoms with van der Waals surface area (Å²) in [6, 6.07) is 0. The Bertz CT molecular complexity index is 112. The fourth-order valence-corrected chi connectivity index (χ4v) is 1.08. The Balaban J connectivity index is 3.06. The number of hydrogen-bond acceptors (Lipinski definition) is 4. The van der Waals surface area contributed by atoms with Crippen molar-refractivity contribution >= 4 is 0 Å². The van der Waals surface area contributed by atoms with Crippen LogP contribution in [0.4, 0.5) is 0 Å². The van der Waals surface area contributed by atoms with Gasteiger partial charge in [-0.15, -0.1) is 0 Å². The van der Waals surface area contributed by atoms with Crippen molar-refractivity contribution in [3.05, 3.63) is 0 Å². The minimum absolute atomic E-state index is 0.101. The fraction of sp³-hybridized carbons (Fsp3) is 1.00. The molecular weight excluding hydrogens is 182 g/mol. The van der Waals surface area contributed by atoms with Crippen LogP contribution >= 0.6 is 0 Å². The highest BCUT2D eigenvalue weighted by Gasteiger charge is 2.02. The second kappa shape index (κ2) is 10.9. The molecule has 0 aliphatic rings. The van der Waals surface area contributed by atoms with Gasteiger partial charge in [-0.3, -0.25) is 0 Å². The number of aliphatic hydroxyl groups is 2. The number of hydrogen-bond donors (Lipinski definition) is 3. The quantitative estimate of drug-likeness (QED) is 0.444. The molecule has 4 nitrogen and oxygen atoms in total. The molecule has 0 aliphatic heterocycles. The Morgan fingerprint density at radius 1 is 1.36 bits per heavy atom. The first-order chi connectivity index (χ1) is 6.81. The zero-order chi connectivity index (χ0) is 10.6. The molecule has 1 atom stereocenters. The van der Waals surface area contributed by atoms with Gasteiger partial charge in [0.1, 0.15) is 0 Å². The van der Waals surface area contributed by atoms with E-state index in [9.17, 15) is 5.11 Å². The molecule has 0 aliphatic carbocycles. The van der Waals surface area contributed by atoms with Crippen LogP contribution in [0.1, 0.15) is 26.2 Å². The van der Waals surface area contributed by atoms with E-state index in [0.29, 0.717) is 19.7 Å². The van der Waals surface area contributed by atoms with E-state index in [-0.39, 0.29) is 6.61 Å². The van der Waals surface area contributed by atoms with Crippen LogP contribution in [-0.4, -0.2) is 49.2 Å². The van der Waals surface area contributed by atoms with Gasteiger partial charge in [-0.05, 0) is 6.42 Å². The molecule has 1 unspecified atom stereocenters. The third-order valence-corrected chi connectivity index (χ3v) is 1.87. The monoisotopic (exact) mass is 205 g/mol. The molecule has 0 aromatic heterocycles. The lowest BCUT2D eigenvalue weighted by atomic mass is 10.3. The number of unbranched alkanes of at least 4 members (excludes halogenated alkanes) is 2. The van der Waals surface area contributed by atoms with Gasteiger partial charge in [-0.1, -0.05) is 19.8 Å². The first kappa shape index (κ1) is 13.8. The first-order valence-corrected chi connectivity index (χ1v) is 5.38. The Morgan fingerprint density at radius 2 is 2.14 bits per heavy atom. The molecule has 86 valence electrons. The van der Waals surface area contributed by atoms with Crippen LogP contribution in [0.2, 0.25) is 0 Å². The minimum Gasteiger partial charge on any atom is -0.395 e. The summed E-state index contributed by atoms with van der Waals surface area (Å²) in [6.45, 7) is 4.35. The summed E-state index contributed by atoms with van der Waals surface area (Å²) in [5.74, 6) is 0. The molecule has 0 aromatic rings. The van der Waals surface area contributed by atoms with E-state index >= 15 is 0 Å². The van der Waals surface area contributed by atoms with Crippen LogP contribution in [-0.2, 0) is 4.74 Å². The lowest BCUT2D eigenvalue weighted by molar-refractivity contribution is 0.0352. The fourth-order valence-electron chi connectivity index (χ4n) is 1.08. The first-order valence-electron chi connectivity index (χ1n) is 5.38.